The number of hydrogen-bond acceptors (Lipinski definition) is 5. The van der Waals surface area contributed by atoms with E-state index >= 15 is 0 Å². The van der Waals surface area contributed by atoms with Crippen LogP contribution in [0.4, 0.5) is 0 Å². The molecule has 5 heteroatoms. The van der Waals surface area contributed by atoms with Crippen LogP contribution in [0.1, 0.15) is 37.7 Å². The van der Waals surface area contributed by atoms with E-state index in [0.717, 1.165) is 48.2 Å². The van der Waals surface area contributed by atoms with Gasteiger partial charge in [0.2, 0.25) is 5.78 Å². The smallest absolute Gasteiger partial charge is 0.202 e. The second-order valence-electron chi connectivity index (χ2n) is 5.37. The molecule has 1 heterocycles. The van der Waals surface area contributed by atoms with E-state index in [4.69, 9.17) is 9.07 Å². The van der Waals surface area contributed by atoms with Crippen LogP contribution >= 0.6 is 12.0 Å². The number of carbonyl (C=O) groups excluding carboxylic acids is 1. The molecule has 1 spiro atoms. The van der Waals surface area contributed by atoms with E-state index in [1.54, 1.807) is 6.08 Å². The van der Waals surface area contributed by atoms with Crippen molar-refractivity contribution in [1.82, 2.24) is 0 Å². The average Bonchev–Trinajstić information content (AvgIpc) is 2.83. The fourth-order valence-electron chi connectivity index (χ4n) is 2.90. The van der Waals surface area contributed by atoms with Gasteiger partial charge in [-0.15, -0.1) is 0 Å². The van der Waals surface area contributed by atoms with Gasteiger partial charge in [0.1, 0.15) is 5.76 Å². The first-order chi connectivity index (χ1) is 10.2. The minimum absolute atomic E-state index is 0.123. The first-order valence-electron chi connectivity index (χ1n) is 7.16. The summed E-state index contributed by atoms with van der Waals surface area (Å²) in [7, 11) is 1.47. The van der Waals surface area contributed by atoms with Crippen molar-refractivity contribution in [3.8, 4) is 0 Å². The Balaban J connectivity index is 1.73. The van der Waals surface area contributed by atoms with Crippen LogP contribution in [0.25, 0.3) is 5.76 Å². The molecule has 1 aliphatic heterocycles. The predicted octanol–water partition coefficient (Wildman–Crippen LogP) is 3.91. The zero-order valence-electron chi connectivity index (χ0n) is 12.0. The van der Waals surface area contributed by atoms with Crippen molar-refractivity contribution >= 4 is 23.6 Å². The van der Waals surface area contributed by atoms with E-state index in [0.29, 0.717) is 5.76 Å². The number of ketones is 1. The maximum absolute atomic E-state index is 12.3. The van der Waals surface area contributed by atoms with E-state index in [1.807, 2.05) is 24.3 Å². The van der Waals surface area contributed by atoms with E-state index in [2.05, 4.69) is 4.89 Å². The van der Waals surface area contributed by atoms with Gasteiger partial charge in [-0.2, -0.15) is 4.33 Å². The van der Waals surface area contributed by atoms with Crippen molar-refractivity contribution in [3.63, 3.8) is 0 Å². The van der Waals surface area contributed by atoms with Crippen LogP contribution in [0, 0.1) is 0 Å². The summed E-state index contributed by atoms with van der Waals surface area (Å²) < 4.78 is 10.9. The van der Waals surface area contributed by atoms with Crippen molar-refractivity contribution in [1.29, 1.82) is 0 Å². The van der Waals surface area contributed by atoms with Crippen LogP contribution in [0.15, 0.2) is 35.2 Å². The van der Waals surface area contributed by atoms with Crippen molar-refractivity contribution in [2.75, 3.05) is 7.11 Å². The van der Waals surface area contributed by atoms with Crippen molar-refractivity contribution in [2.45, 2.75) is 42.6 Å². The summed E-state index contributed by atoms with van der Waals surface area (Å²) >= 11 is 1.14. The Hall–Kier alpha value is -1.30. The standard InChI is InChI=1S/C16H18O4S/c1-18-20-21-13-7-5-12(6-8-13)14-11-15(17)16(19-14)9-3-2-4-10-16/h5-8,11H,2-4,9-10H2,1H3. The molecule has 2 aliphatic rings. The highest BCUT2D eigenvalue weighted by molar-refractivity contribution is 7.94. The first-order valence-corrected chi connectivity index (χ1v) is 7.91. The van der Waals surface area contributed by atoms with E-state index < -0.39 is 5.60 Å². The molecule has 0 radical (unpaired) electrons. The molecule has 1 aliphatic carbocycles. The summed E-state index contributed by atoms with van der Waals surface area (Å²) in [5.74, 6) is 0.810. The molecule has 0 N–H and O–H groups in total. The van der Waals surface area contributed by atoms with E-state index in [1.165, 1.54) is 13.5 Å². The SMILES string of the molecule is COOSc1ccc(C2=CC(=O)C3(CCCCC3)O2)cc1. The molecule has 1 fully saturated rings. The van der Waals surface area contributed by atoms with Crippen molar-refractivity contribution in [3.05, 3.63) is 35.9 Å². The highest BCUT2D eigenvalue weighted by atomic mass is 32.2. The molecule has 1 saturated carbocycles. The highest BCUT2D eigenvalue weighted by Crippen LogP contribution is 2.41. The molecule has 1 aromatic carbocycles. The summed E-state index contributed by atoms with van der Waals surface area (Å²) in [5.41, 5.74) is 0.341. The molecule has 0 aromatic heterocycles. The third kappa shape index (κ3) is 3.00. The normalized spacial score (nSPS) is 20.4. The summed E-state index contributed by atoms with van der Waals surface area (Å²) in [4.78, 5) is 17.8. The molecule has 1 aromatic rings. The van der Waals surface area contributed by atoms with Gasteiger partial charge < -0.3 is 4.74 Å². The molecular weight excluding hydrogens is 288 g/mol. The van der Waals surface area contributed by atoms with Gasteiger partial charge in [-0.1, -0.05) is 18.6 Å². The third-order valence-corrected chi connectivity index (χ3v) is 4.68. The summed E-state index contributed by atoms with van der Waals surface area (Å²) in [5, 5.41) is 0. The van der Waals surface area contributed by atoms with Crippen molar-refractivity contribution in [2.24, 2.45) is 0 Å². The van der Waals surface area contributed by atoms with Gasteiger partial charge in [0.15, 0.2) is 5.60 Å². The fraction of sp³-hybridized carbons (Fsp3) is 0.438. The predicted molar refractivity (Wildman–Crippen MR) is 80.3 cm³/mol. The van der Waals surface area contributed by atoms with E-state index in [9.17, 15) is 4.79 Å². The second-order valence-corrected chi connectivity index (χ2v) is 6.15. The fourth-order valence-corrected chi connectivity index (χ4v) is 3.30. The number of benzene rings is 1. The largest absolute Gasteiger partial charge is 0.478 e. The Morgan fingerprint density at radius 3 is 2.52 bits per heavy atom. The number of carbonyl (C=O) groups is 1. The molecule has 112 valence electrons. The lowest BCUT2D eigenvalue weighted by Gasteiger charge is -2.32. The molecule has 0 amide bonds. The van der Waals surface area contributed by atoms with E-state index in [-0.39, 0.29) is 5.78 Å². The first kappa shape index (κ1) is 14.6. The molecule has 0 saturated heterocycles. The second kappa shape index (κ2) is 6.22. The van der Waals surface area contributed by atoms with Crippen LogP contribution in [0.5, 0.6) is 0 Å². The van der Waals surface area contributed by atoms with Gasteiger partial charge in [-0.25, -0.2) is 4.89 Å². The summed E-state index contributed by atoms with van der Waals surface area (Å²) in [6.45, 7) is 0. The van der Waals surface area contributed by atoms with Crippen LogP contribution in [0.2, 0.25) is 0 Å². The lowest BCUT2D eigenvalue weighted by molar-refractivity contribution is -0.160. The molecule has 0 unspecified atom stereocenters. The quantitative estimate of drug-likeness (QED) is 0.479. The Morgan fingerprint density at radius 1 is 1.14 bits per heavy atom. The monoisotopic (exact) mass is 306 g/mol. The minimum atomic E-state index is -0.583. The summed E-state index contributed by atoms with van der Waals surface area (Å²) in [6.07, 6.45) is 6.65. The van der Waals surface area contributed by atoms with Gasteiger partial charge in [0.25, 0.3) is 0 Å². The number of ether oxygens (including phenoxy) is 1. The third-order valence-electron chi connectivity index (χ3n) is 4.01. The maximum Gasteiger partial charge on any atom is 0.202 e. The highest BCUT2D eigenvalue weighted by Gasteiger charge is 2.45. The number of hydrogen-bond donors (Lipinski definition) is 0. The molecular formula is C16H18O4S. The molecule has 21 heavy (non-hydrogen) atoms. The van der Waals surface area contributed by atoms with Gasteiger partial charge in [0.05, 0.1) is 19.2 Å². The maximum atomic E-state index is 12.3. The van der Waals surface area contributed by atoms with Crippen LogP contribution in [0.3, 0.4) is 0 Å². The molecule has 4 nitrogen and oxygen atoms in total. The van der Waals surface area contributed by atoms with Gasteiger partial charge in [0, 0.05) is 16.5 Å². The molecule has 0 atom stereocenters. The van der Waals surface area contributed by atoms with Crippen molar-refractivity contribution < 1.29 is 18.8 Å². The Morgan fingerprint density at radius 2 is 1.86 bits per heavy atom. The summed E-state index contributed by atoms with van der Waals surface area (Å²) in [6, 6.07) is 7.70. The van der Waals surface area contributed by atoms with Gasteiger partial charge in [-0.3, -0.25) is 4.79 Å². The molecule has 3 rings (SSSR count). The number of rotatable bonds is 4. The lowest BCUT2D eigenvalue weighted by atomic mass is 9.82. The average molecular weight is 306 g/mol. The molecule has 0 bridgehead atoms. The Kier molecular flexibility index (Phi) is 4.33. The Bertz CT molecular complexity index is 544. The zero-order chi connectivity index (χ0) is 14.7. The minimum Gasteiger partial charge on any atom is -0.478 e. The lowest BCUT2D eigenvalue weighted by Crippen LogP contribution is -2.38. The topological polar surface area (TPSA) is 44.8 Å². The van der Waals surface area contributed by atoms with Crippen LogP contribution in [-0.4, -0.2) is 18.5 Å². The Labute approximate surface area is 128 Å². The van der Waals surface area contributed by atoms with Crippen LogP contribution < -0.4 is 0 Å². The van der Waals surface area contributed by atoms with Gasteiger partial charge in [-0.05, 0) is 37.8 Å². The van der Waals surface area contributed by atoms with Gasteiger partial charge >= 0.3 is 0 Å². The zero-order valence-corrected chi connectivity index (χ0v) is 12.8. The van der Waals surface area contributed by atoms with Crippen LogP contribution in [-0.2, 0) is 18.8 Å².